The Labute approximate surface area is 140 Å². The van der Waals surface area contributed by atoms with Gasteiger partial charge in [-0.25, -0.2) is 4.39 Å². The Bertz CT molecular complexity index is 851. The first-order chi connectivity index (χ1) is 11.6. The van der Waals surface area contributed by atoms with Gasteiger partial charge in [0.15, 0.2) is 0 Å². The van der Waals surface area contributed by atoms with Crippen molar-refractivity contribution in [3.05, 3.63) is 60.0 Å². The summed E-state index contributed by atoms with van der Waals surface area (Å²) in [6, 6.07) is 12.1. The molecule has 0 saturated carbocycles. The number of halogens is 1. The highest BCUT2D eigenvalue weighted by Gasteiger charge is 2.13. The molecule has 1 amide bonds. The molecule has 124 valence electrons. The summed E-state index contributed by atoms with van der Waals surface area (Å²) in [4.78, 5) is 17.6. The van der Waals surface area contributed by atoms with Crippen molar-refractivity contribution in [2.75, 3.05) is 23.3 Å². The first-order valence-electron chi connectivity index (χ1n) is 8.05. The number of aromatic amines is 1. The largest absolute Gasteiger partial charge is 0.372 e. The number of aromatic nitrogens is 1. The maximum absolute atomic E-state index is 13.2. The van der Waals surface area contributed by atoms with Gasteiger partial charge in [-0.1, -0.05) is 0 Å². The smallest absolute Gasteiger partial charge is 0.257 e. The molecule has 0 aliphatic carbocycles. The Morgan fingerprint density at radius 1 is 1.12 bits per heavy atom. The summed E-state index contributed by atoms with van der Waals surface area (Å²) < 4.78 is 13.2. The molecule has 24 heavy (non-hydrogen) atoms. The van der Waals surface area contributed by atoms with Crippen LogP contribution in [0, 0.1) is 5.82 Å². The van der Waals surface area contributed by atoms with Crippen LogP contribution in [-0.2, 0) is 0 Å². The summed E-state index contributed by atoms with van der Waals surface area (Å²) in [6.45, 7) is 6.10. The zero-order chi connectivity index (χ0) is 17.1. The summed E-state index contributed by atoms with van der Waals surface area (Å²) in [5.74, 6) is -0.549. The van der Waals surface area contributed by atoms with Crippen LogP contribution in [0.1, 0.15) is 24.2 Å². The molecule has 2 aromatic carbocycles. The van der Waals surface area contributed by atoms with Crippen molar-refractivity contribution in [3.8, 4) is 0 Å². The second kappa shape index (κ2) is 6.74. The van der Waals surface area contributed by atoms with Crippen molar-refractivity contribution in [2.24, 2.45) is 0 Å². The number of hydrogen-bond donors (Lipinski definition) is 2. The predicted molar refractivity (Wildman–Crippen MR) is 96.2 cm³/mol. The Kier molecular flexibility index (Phi) is 4.51. The summed E-state index contributed by atoms with van der Waals surface area (Å²) in [6.07, 6.45) is 1.60. The highest BCUT2D eigenvalue weighted by Crippen LogP contribution is 2.22. The van der Waals surface area contributed by atoms with Crippen molar-refractivity contribution in [1.82, 2.24) is 4.98 Å². The van der Waals surface area contributed by atoms with Gasteiger partial charge in [0.25, 0.3) is 5.91 Å². The highest BCUT2D eigenvalue weighted by molar-refractivity contribution is 6.12. The molecule has 3 aromatic rings. The third kappa shape index (κ3) is 3.11. The fourth-order valence-electron chi connectivity index (χ4n) is 2.83. The number of fused-ring (bicyclic) bond motifs is 1. The minimum Gasteiger partial charge on any atom is -0.372 e. The van der Waals surface area contributed by atoms with Crippen molar-refractivity contribution < 1.29 is 9.18 Å². The van der Waals surface area contributed by atoms with Crippen LogP contribution < -0.4 is 10.2 Å². The average molecular weight is 325 g/mol. The predicted octanol–water partition coefficient (Wildman–Crippen LogP) is 4.41. The molecule has 1 heterocycles. The number of nitrogens with one attached hydrogen (secondary N) is 2. The van der Waals surface area contributed by atoms with Crippen LogP contribution in [0.3, 0.4) is 0 Å². The van der Waals surface area contributed by atoms with E-state index in [1.165, 1.54) is 12.1 Å². The third-order valence-electron chi connectivity index (χ3n) is 4.14. The van der Waals surface area contributed by atoms with E-state index in [2.05, 4.69) is 29.0 Å². The monoisotopic (exact) mass is 325 g/mol. The molecule has 2 N–H and O–H groups in total. The van der Waals surface area contributed by atoms with E-state index in [-0.39, 0.29) is 11.7 Å². The van der Waals surface area contributed by atoms with Crippen molar-refractivity contribution in [1.29, 1.82) is 0 Å². The third-order valence-corrected chi connectivity index (χ3v) is 4.14. The SMILES string of the molecule is CCN(CC)c1ccc(NC(=O)c2c[nH]c3cc(F)ccc23)cc1. The van der Waals surface area contributed by atoms with Gasteiger partial charge in [-0.3, -0.25) is 4.79 Å². The molecule has 0 spiro atoms. The minimum absolute atomic E-state index is 0.219. The van der Waals surface area contributed by atoms with Gasteiger partial charge in [0.05, 0.1) is 5.56 Å². The van der Waals surface area contributed by atoms with Crippen LogP contribution in [0.25, 0.3) is 10.9 Å². The van der Waals surface area contributed by atoms with Crippen LogP contribution in [0.15, 0.2) is 48.7 Å². The number of amides is 1. The standard InChI is InChI=1S/C19H20FN3O/c1-3-23(4-2)15-8-6-14(7-9-15)22-19(24)17-12-21-18-11-13(20)5-10-16(17)18/h5-12,21H,3-4H2,1-2H3,(H,22,24). The fraction of sp³-hybridized carbons (Fsp3) is 0.211. The molecule has 0 fully saturated rings. The van der Waals surface area contributed by atoms with Gasteiger partial charge in [0, 0.05) is 41.6 Å². The molecule has 3 rings (SSSR count). The Hall–Kier alpha value is -2.82. The topological polar surface area (TPSA) is 48.1 Å². The Morgan fingerprint density at radius 2 is 1.83 bits per heavy atom. The maximum atomic E-state index is 13.2. The molecule has 0 saturated heterocycles. The first-order valence-corrected chi connectivity index (χ1v) is 8.05. The fourth-order valence-corrected chi connectivity index (χ4v) is 2.83. The van der Waals surface area contributed by atoms with E-state index in [1.54, 1.807) is 12.3 Å². The quantitative estimate of drug-likeness (QED) is 0.730. The van der Waals surface area contributed by atoms with Crippen LogP contribution in [-0.4, -0.2) is 24.0 Å². The summed E-state index contributed by atoms with van der Waals surface area (Å²) in [5.41, 5.74) is 2.96. The number of carbonyl (C=O) groups is 1. The number of anilines is 2. The molecule has 0 atom stereocenters. The van der Waals surface area contributed by atoms with E-state index >= 15 is 0 Å². The molecule has 5 heteroatoms. The van der Waals surface area contributed by atoms with Crippen molar-refractivity contribution in [2.45, 2.75) is 13.8 Å². The van der Waals surface area contributed by atoms with E-state index in [9.17, 15) is 9.18 Å². The first kappa shape index (κ1) is 16.1. The van der Waals surface area contributed by atoms with E-state index in [1.807, 2.05) is 24.3 Å². The second-order valence-corrected chi connectivity index (χ2v) is 5.57. The van der Waals surface area contributed by atoms with Gasteiger partial charge in [-0.05, 0) is 56.3 Å². The molecule has 0 unspecified atom stereocenters. The zero-order valence-corrected chi connectivity index (χ0v) is 13.8. The minimum atomic E-state index is -0.330. The lowest BCUT2D eigenvalue weighted by molar-refractivity contribution is 0.102. The molecule has 0 radical (unpaired) electrons. The normalized spacial score (nSPS) is 10.8. The van der Waals surface area contributed by atoms with Crippen molar-refractivity contribution >= 4 is 28.2 Å². The molecule has 0 aliphatic rings. The maximum Gasteiger partial charge on any atom is 0.257 e. The molecule has 0 bridgehead atoms. The second-order valence-electron chi connectivity index (χ2n) is 5.57. The number of nitrogens with zero attached hydrogens (tertiary/aromatic N) is 1. The Balaban J connectivity index is 1.79. The highest BCUT2D eigenvalue weighted by atomic mass is 19.1. The number of hydrogen-bond acceptors (Lipinski definition) is 2. The molecule has 4 nitrogen and oxygen atoms in total. The zero-order valence-electron chi connectivity index (χ0n) is 13.8. The molecular formula is C19H20FN3O. The lowest BCUT2D eigenvalue weighted by Crippen LogP contribution is -2.21. The van der Waals surface area contributed by atoms with E-state index < -0.39 is 0 Å². The molecule has 0 aliphatic heterocycles. The van der Waals surface area contributed by atoms with Crippen LogP contribution in [0.5, 0.6) is 0 Å². The van der Waals surface area contributed by atoms with Crippen LogP contribution in [0.2, 0.25) is 0 Å². The van der Waals surface area contributed by atoms with Crippen LogP contribution in [0.4, 0.5) is 15.8 Å². The molecule has 1 aromatic heterocycles. The van der Waals surface area contributed by atoms with Gasteiger partial charge >= 0.3 is 0 Å². The lowest BCUT2D eigenvalue weighted by Gasteiger charge is -2.21. The number of carbonyl (C=O) groups excluding carboxylic acids is 1. The lowest BCUT2D eigenvalue weighted by atomic mass is 10.1. The van der Waals surface area contributed by atoms with Gasteiger partial charge in [0.1, 0.15) is 5.82 Å². The number of H-pyrrole nitrogens is 1. The summed E-state index contributed by atoms with van der Waals surface area (Å²) in [5, 5.41) is 3.58. The number of rotatable bonds is 5. The van der Waals surface area contributed by atoms with E-state index in [4.69, 9.17) is 0 Å². The van der Waals surface area contributed by atoms with Gasteiger partial charge in [-0.15, -0.1) is 0 Å². The van der Waals surface area contributed by atoms with E-state index in [0.29, 0.717) is 16.5 Å². The van der Waals surface area contributed by atoms with E-state index in [0.717, 1.165) is 24.5 Å². The van der Waals surface area contributed by atoms with Crippen molar-refractivity contribution in [3.63, 3.8) is 0 Å². The number of benzene rings is 2. The summed E-state index contributed by atoms with van der Waals surface area (Å²) >= 11 is 0. The van der Waals surface area contributed by atoms with Gasteiger partial charge in [0.2, 0.25) is 0 Å². The Morgan fingerprint density at radius 3 is 2.50 bits per heavy atom. The summed E-state index contributed by atoms with van der Waals surface area (Å²) in [7, 11) is 0. The van der Waals surface area contributed by atoms with Gasteiger partial charge < -0.3 is 15.2 Å². The molecular weight excluding hydrogens is 305 g/mol. The average Bonchev–Trinajstić information content (AvgIpc) is 3.00. The van der Waals surface area contributed by atoms with Crippen LogP contribution >= 0.6 is 0 Å². The van der Waals surface area contributed by atoms with Gasteiger partial charge in [-0.2, -0.15) is 0 Å².